The van der Waals surface area contributed by atoms with E-state index in [1.165, 1.54) is 7.11 Å². The van der Waals surface area contributed by atoms with Crippen molar-refractivity contribution in [3.63, 3.8) is 0 Å². The van der Waals surface area contributed by atoms with Gasteiger partial charge in [-0.15, -0.1) is 0 Å². The number of nitrogens with zero attached hydrogens (tertiary/aromatic N) is 1. The van der Waals surface area contributed by atoms with Gasteiger partial charge in [-0.25, -0.2) is 8.42 Å². The van der Waals surface area contributed by atoms with Crippen molar-refractivity contribution in [1.82, 2.24) is 0 Å². The van der Waals surface area contributed by atoms with Crippen LogP contribution in [0.15, 0.2) is 48.5 Å². The highest BCUT2D eigenvalue weighted by molar-refractivity contribution is 7.91. The van der Waals surface area contributed by atoms with Gasteiger partial charge in [0.1, 0.15) is 5.75 Å². The lowest BCUT2D eigenvalue weighted by atomic mass is 10.1. The number of halogens is 1. The number of para-hydroxylation sites is 1. The lowest BCUT2D eigenvalue weighted by Gasteiger charge is -2.28. The van der Waals surface area contributed by atoms with Gasteiger partial charge in [0.25, 0.3) is 0 Å². The molecule has 1 fully saturated rings. The van der Waals surface area contributed by atoms with E-state index in [0.29, 0.717) is 28.6 Å². The maximum atomic E-state index is 13.0. The molecule has 1 saturated heterocycles. The van der Waals surface area contributed by atoms with Crippen molar-refractivity contribution < 1.29 is 17.9 Å². The van der Waals surface area contributed by atoms with Crippen LogP contribution in [0, 0.1) is 0 Å². The monoisotopic (exact) mass is 408 g/mol. The number of sulfone groups is 1. The minimum atomic E-state index is -3.12. The summed E-state index contributed by atoms with van der Waals surface area (Å²) in [4.78, 5) is 14.6. The number of ether oxygens (including phenoxy) is 1. The highest BCUT2D eigenvalue weighted by Gasteiger charge is 2.35. The van der Waals surface area contributed by atoms with Gasteiger partial charge in [0.15, 0.2) is 9.84 Å². The molecule has 0 radical (unpaired) electrons. The first-order chi connectivity index (χ1) is 12.9. The molecular weight excluding hydrogens is 388 g/mol. The molecule has 1 aliphatic heterocycles. The second-order valence-electron chi connectivity index (χ2n) is 6.35. The molecule has 1 N–H and O–H groups in total. The molecule has 2 aromatic carbocycles. The Morgan fingerprint density at radius 2 is 2.00 bits per heavy atom. The van der Waals surface area contributed by atoms with Gasteiger partial charge in [0, 0.05) is 10.7 Å². The van der Waals surface area contributed by atoms with Gasteiger partial charge in [0.2, 0.25) is 5.91 Å². The maximum absolute atomic E-state index is 13.0. The minimum absolute atomic E-state index is 0.0118. The van der Waals surface area contributed by atoms with Gasteiger partial charge >= 0.3 is 0 Å². The Balaban J connectivity index is 1.81. The van der Waals surface area contributed by atoms with Crippen molar-refractivity contribution in [1.29, 1.82) is 0 Å². The number of carbonyl (C=O) groups excluding carboxylic acids is 1. The molecule has 144 valence electrons. The van der Waals surface area contributed by atoms with E-state index >= 15 is 0 Å². The van der Waals surface area contributed by atoms with E-state index in [9.17, 15) is 13.2 Å². The topological polar surface area (TPSA) is 75.7 Å². The van der Waals surface area contributed by atoms with Crippen molar-refractivity contribution in [2.24, 2.45) is 0 Å². The van der Waals surface area contributed by atoms with Crippen LogP contribution in [-0.2, 0) is 14.6 Å². The van der Waals surface area contributed by atoms with E-state index in [1.54, 1.807) is 23.1 Å². The molecule has 0 unspecified atom stereocenters. The fraction of sp³-hybridized carbons (Fsp3) is 0.316. The molecule has 2 aromatic rings. The molecule has 0 aliphatic carbocycles. The molecule has 0 saturated carbocycles. The molecule has 27 heavy (non-hydrogen) atoms. The predicted molar refractivity (Wildman–Crippen MR) is 107 cm³/mol. The van der Waals surface area contributed by atoms with Crippen molar-refractivity contribution in [3.8, 4) is 5.75 Å². The number of hydrogen-bond acceptors (Lipinski definition) is 5. The molecule has 1 heterocycles. The molecule has 0 bridgehead atoms. The Kier molecular flexibility index (Phi) is 5.92. The summed E-state index contributed by atoms with van der Waals surface area (Å²) in [6, 6.07) is 13.9. The lowest BCUT2D eigenvalue weighted by molar-refractivity contribution is -0.117. The number of carbonyl (C=O) groups is 1. The van der Waals surface area contributed by atoms with Gasteiger partial charge < -0.3 is 15.0 Å². The predicted octanol–water partition coefficient (Wildman–Crippen LogP) is 2.98. The number of methoxy groups -OCH3 is 1. The van der Waals surface area contributed by atoms with Crippen LogP contribution >= 0.6 is 11.6 Å². The summed E-state index contributed by atoms with van der Waals surface area (Å²) in [5.41, 5.74) is 1.29. The standard InChI is InChI=1S/C19H21ClN2O4S/c1-26-18-8-7-14(20)11-17(18)21-12-19(23)22(15-5-3-2-4-6-15)16-9-10-27(24,25)13-16/h2-8,11,16,21H,9-10,12-13H2,1H3/t16-/m1/s1. The van der Waals surface area contributed by atoms with E-state index in [0.717, 1.165) is 0 Å². The van der Waals surface area contributed by atoms with Crippen LogP contribution in [0.25, 0.3) is 0 Å². The number of anilines is 2. The lowest BCUT2D eigenvalue weighted by Crippen LogP contribution is -2.44. The zero-order valence-electron chi connectivity index (χ0n) is 14.9. The van der Waals surface area contributed by atoms with E-state index in [1.807, 2.05) is 30.3 Å². The third kappa shape index (κ3) is 4.73. The van der Waals surface area contributed by atoms with Crippen LogP contribution < -0.4 is 15.0 Å². The molecule has 0 aromatic heterocycles. The average Bonchev–Trinajstić information content (AvgIpc) is 3.00. The number of nitrogens with one attached hydrogen (secondary N) is 1. The van der Waals surface area contributed by atoms with Crippen LogP contribution in [0.2, 0.25) is 5.02 Å². The Labute approximate surface area is 164 Å². The fourth-order valence-electron chi connectivity index (χ4n) is 3.20. The number of rotatable bonds is 6. The summed E-state index contributed by atoms with van der Waals surface area (Å²) in [5.74, 6) is 0.435. The molecule has 6 nitrogen and oxygen atoms in total. The van der Waals surface area contributed by atoms with Crippen LogP contribution in [0.3, 0.4) is 0 Å². The van der Waals surface area contributed by atoms with E-state index in [-0.39, 0.29) is 30.0 Å². The molecule has 1 atom stereocenters. The SMILES string of the molecule is COc1ccc(Cl)cc1NCC(=O)N(c1ccccc1)[C@@H]1CCS(=O)(=O)C1. The highest BCUT2D eigenvalue weighted by atomic mass is 35.5. The second-order valence-corrected chi connectivity index (χ2v) is 9.02. The summed E-state index contributed by atoms with van der Waals surface area (Å²) < 4.78 is 29.1. The van der Waals surface area contributed by atoms with E-state index in [2.05, 4.69) is 5.32 Å². The quantitative estimate of drug-likeness (QED) is 0.795. The van der Waals surface area contributed by atoms with Gasteiger partial charge in [-0.3, -0.25) is 4.79 Å². The Morgan fingerprint density at radius 3 is 2.63 bits per heavy atom. The smallest absolute Gasteiger partial charge is 0.246 e. The zero-order chi connectivity index (χ0) is 19.4. The van der Waals surface area contributed by atoms with Gasteiger partial charge in [0.05, 0.1) is 36.9 Å². The van der Waals surface area contributed by atoms with Crippen molar-refractivity contribution in [3.05, 3.63) is 53.6 Å². The first-order valence-electron chi connectivity index (χ1n) is 8.54. The molecular formula is C19H21ClN2O4S. The van der Waals surface area contributed by atoms with Crippen LogP contribution in [0.1, 0.15) is 6.42 Å². The highest BCUT2D eigenvalue weighted by Crippen LogP contribution is 2.28. The van der Waals surface area contributed by atoms with E-state index in [4.69, 9.17) is 16.3 Å². The third-order valence-corrected chi connectivity index (χ3v) is 6.45. The number of hydrogen-bond donors (Lipinski definition) is 1. The molecule has 8 heteroatoms. The summed E-state index contributed by atoms with van der Waals surface area (Å²) in [6.45, 7) is -0.0118. The first kappa shape index (κ1) is 19.5. The minimum Gasteiger partial charge on any atom is -0.495 e. The zero-order valence-corrected chi connectivity index (χ0v) is 16.5. The molecule has 1 amide bonds. The summed E-state index contributed by atoms with van der Waals surface area (Å²) in [5, 5.41) is 3.57. The number of amides is 1. The van der Waals surface area contributed by atoms with Crippen molar-refractivity contribution in [2.45, 2.75) is 12.5 Å². The summed E-state index contributed by atoms with van der Waals surface area (Å²) >= 11 is 6.02. The largest absolute Gasteiger partial charge is 0.495 e. The third-order valence-electron chi connectivity index (χ3n) is 4.47. The van der Waals surface area contributed by atoms with Crippen molar-refractivity contribution >= 4 is 38.7 Å². The number of benzene rings is 2. The van der Waals surface area contributed by atoms with Crippen LogP contribution in [-0.4, -0.2) is 45.5 Å². The Morgan fingerprint density at radius 1 is 1.26 bits per heavy atom. The van der Waals surface area contributed by atoms with Crippen LogP contribution in [0.5, 0.6) is 5.75 Å². The van der Waals surface area contributed by atoms with E-state index < -0.39 is 9.84 Å². The van der Waals surface area contributed by atoms with Gasteiger partial charge in [-0.05, 0) is 36.8 Å². The van der Waals surface area contributed by atoms with Crippen LogP contribution in [0.4, 0.5) is 11.4 Å². The maximum Gasteiger partial charge on any atom is 0.246 e. The fourth-order valence-corrected chi connectivity index (χ4v) is 5.07. The first-order valence-corrected chi connectivity index (χ1v) is 10.7. The Hall–Kier alpha value is -2.25. The average molecular weight is 409 g/mol. The normalized spacial score (nSPS) is 18.1. The second kappa shape index (κ2) is 8.19. The van der Waals surface area contributed by atoms with Crippen molar-refractivity contribution in [2.75, 3.05) is 35.4 Å². The summed E-state index contributed by atoms with van der Waals surface area (Å²) in [7, 11) is -1.58. The van der Waals surface area contributed by atoms with Gasteiger partial charge in [-0.2, -0.15) is 0 Å². The molecule has 1 aliphatic rings. The van der Waals surface area contributed by atoms with Gasteiger partial charge in [-0.1, -0.05) is 29.8 Å². The Bertz CT molecular complexity index is 919. The molecule has 0 spiro atoms. The molecule has 3 rings (SSSR count). The summed E-state index contributed by atoms with van der Waals surface area (Å²) in [6.07, 6.45) is 0.434.